The maximum Gasteiger partial charge on any atom is 0.139 e. The summed E-state index contributed by atoms with van der Waals surface area (Å²) in [5.74, 6) is 0.334. The van der Waals surface area contributed by atoms with Crippen LogP contribution in [0.15, 0.2) is 5.38 Å². The molecular weight excluding hydrogens is 242 g/mol. The Morgan fingerprint density at radius 3 is 2.56 bits per heavy atom. The van der Waals surface area contributed by atoms with Gasteiger partial charge in [0.25, 0.3) is 0 Å². The van der Waals surface area contributed by atoms with Gasteiger partial charge in [0.15, 0.2) is 0 Å². The average molecular weight is 267 g/mol. The number of unbranched alkanes of at least 4 members (excludes halogenated alkanes) is 3. The maximum absolute atomic E-state index is 11.8. The number of hydrogen-bond donors (Lipinski definition) is 0. The molecule has 1 aromatic rings. The summed E-state index contributed by atoms with van der Waals surface area (Å²) in [5, 5.41) is 3.06. The van der Waals surface area contributed by atoms with Crippen molar-refractivity contribution in [1.82, 2.24) is 4.98 Å². The molecule has 3 heteroatoms. The molecule has 0 radical (unpaired) electrons. The fourth-order valence-electron chi connectivity index (χ4n) is 1.74. The Labute approximate surface area is 115 Å². The number of hydrogen-bond acceptors (Lipinski definition) is 3. The van der Waals surface area contributed by atoms with E-state index in [2.05, 4.69) is 38.1 Å². The molecule has 0 atom stereocenters. The molecule has 2 nitrogen and oxygen atoms in total. The highest BCUT2D eigenvalue weighted by Gasteiger charge is 2.18. The van der Waals surface area contributed by atoms with Crippen LogP contribution in [0.2, 0.25) is 0 Å². The lowest BCUT2D eigenvalue weighted by Crippen LogP contribution is -2.12. The topological polar surface area (TPSA) is 30.0 Å². The average Bonchev–Trinajstić information content (AvgIpc) is 2.72. The molecule has 1 heterocycles. The van der Waals surface area contributed by atoms with Crippen molar-refractivity contribution in [2.75, 3.05) is 0 Å². The van der Waals surface area contributed by atoms with Crippen LogP contribution in [-0.2, 0) is 16.6 Å². The molecule has 0 unspecified atom stereocenters. The number of Topliss-reactive ketones (excluding diaryl/α,β-unsaturated/α-hetero) is 1. The maximum atomic E-state index is 11.8. The first kappa shape index (κ1) is 15.4. The van der Waals surface area contributed by atoms with E-state index < -0.39 is 0 Å². The van der Waals surface area contributed by atoms with Crippen LogP contribution in [0.1, 0.15) is 70.5 Å². The minimum Gasteiger partial charge on any atom is -0.299 e. The van der Waals surface area contributed by atoms with E-state index in [9.17, 15) is 4.79 Å². The zero-order valence-corrected chi connectivity index (χ0v) is 12.9. The Kier molecular flexibility index (Phi) is 6.00. The van der Waals surface area contributed by atoms with Crippen molar-refractivity contribution in [1.29, 1.82) is 0 Å². The third kappa shape index (κ3) is 5.30. The van der Waals surface area contributed by atoms with Crippen molar-refractivity contribution in [2.24, 2.45) is 0 Å². The van der Waals surface area contributed by atoms with E-state index in [0.29, 0.717) is 18.6 Å². The van der Waals surface area contributed by atoms with E-state index in [1.165, 1.54) is 19.3 Å². The summed E-state index contributed by atoms with van der Waals surface area (Å²) in [6.07, 6.45) is 5.89. The summed E-state index contributed by atoms with van der Waals surface area (Å²) >= 11 is 1.62. The van der Waals surface area contributed by atoms with Crippen LogP contribution in [0.5, 0.6) is 0 Å². The number of carbonyl (C=O) groups excluding carboxylic acids is 1. The van der Waals surface area contributed by atoms with Crippen LogP contribution < -0.4 is 0 Å². The van der Waals surface area contributed by atoms with Crippen LogP contribution >= 0.6 is 11.3 Å². The molecule has 102 valence electrons. The Morgan fingerprint density at radius 1 is 1.28 bits per heavy atom. The molecule has 0 aromatic carbocycles. The Bertz CT molecular complexity index is 376. The van der Waals surface area contributed by atoms with Gasteiger partial charge in [0, 0.05) is 17.2 Å². The number of nitrogens with zero attached hydrogens (tertiary/aromatic N) is 1. The van der Waals surface area contributed by atoms with Crippen molar-refractivity contribution in [3.05, 3.63) is 16.1 Å². The number of ketones is 1. The summed E-state index contributed by atoms with van der Waals surface area (Å²) < 4.78 is 0. The molecule has 1 rings (SSSR count). The largest absolute Gasteiger partial charge is 0.299 e. The second-order valence-corrected chi connectivity index (χ2v) is 6.85. The van der Waals surface area contributed by atoms with Gasteiger partial charge in [0.1, 0.15) is 10.8 Å². The molecule has 0 aliphatic carbocycles. The third-order valence-corrected chi connectivity index (χ3v) is 3.83. The van der Waals surface area contributed by atoms with Gasteiger partial charge in [-0.25, -0.2) is 4.98 Å². The van der Waals surface area contributed by atoms with Gasteiger partial charge in [0.05, 0.1) is 12.1 Å². The Hall–Kier alpha value is -0.700. The summed E-state index contributed by atoms with van der Waals surface area (Å²) in [6, 6.07) is 0. The Morgan fingerprint density at radius 2 is 2.00 bits per heavy atom. The predicted molar refractivity (Wildman–Crippen MR) is 78.3 cm³/mol. The van der Waals surface area contributed by atoms with E-state index in [1.807, 2.05) is 0 Å². The van der Waals surface area contributed by atoms with Crippen LogP contribution in [0.4, 0.5) is 0 Å². The van der Waals surface area contributed by atoms with Crippen molar-refractivity contribution in [3.63, 3.8) is 0 Å². The van der Waals surface area contributed by atoms with Crippen molar-refractivity contribution >= 4 is 17.1 Å². The van der Waals surface area contributed by atoms with Crippen molar-refractivity contribution in [3.8, 4) is 0 Å². The van der Waals surface area contributed by atoms with Crippen molar-refractivity contribution in [2.45, 2.75) is 71.6 Å². The quantitative estimate of drug-likeness (QED) is 0.680. The molecule has 0 fully saturated rings. The highest BCUT2D eigenvalue weighted by molar-refractivity contribution is 7.09. The van der Waals surface area contributed by atoms with E-state index in [0.717, 1.165) is 17.1 Å². The van der Waals surface area contributed by atoms with E-state index in [1.54, 1.807) is 11.3 Å². The number of thiazole rings is 1. The van der Waals surface area contributed by atoms with Gasteiger partial charge < -0.3 is 0 Å². The van der Waals surface area contributed by atoms with Gasteiger partial charge in [-0.05, 0) is 6.42 Å². The fourth-order valence-corrected chi connectivity index (χ4v) is 2.79. The monoisotopic (exact) mass is 267 g/mol. The minimum absolute atomic E-state index is 0.0823. The number of rotatable bonds is 7. The molecule has 0 aliphatic heterocycles. The SMILES string of the molecule is CCCCCCC(=O)Cc1nc(C(C)(C)C)cs1. The zero-order valence-electron chi connectivity index (χ0n) is 12.1. The summed E-state index contributed by atoms with van der Waals surface area (Å²) in [7, 11) is 0. The molecule has 1 aromatic heterocycles. The highest BCUT2D eigenvalue weighted by Crippen LogP contribution is 2.24. The lowest BCUT2D eigenvalue weighted by molar-refractivity contribution is -0.118. The lowest BCUT2D eigenvalue weighted by Gasteiger charge is -2.14. The van der Waals surface area contributed by atoms with E-state index in [4.69, 9.17) is 0 Å². The molecule has 0 spiro atoms. The van der Waals surface area contributed by atoms with Gasteiger partial charge >= 0.3 is 0 Å². The molecular formula is C15H25NOS. The second-order valence-electron chi connectivity index (χ2n) is 5.90. The van der Waals surface area contributed by atoms with Gasteiger partial charge in [0.2, 0.25) is 0 Å². The first-order chi connectivity index (χ1) is 8.43. The third-order valence-electron chi connectivity index (χ3n) is 2.98. The number of aromatic nitrogens is 1. The Balaban J connectivity index is 2.38. The fraction of sp³-hybridized carbons (Fsp3) is 0.733. The highest BCUT2D eigenvalue weighted by atomic mass is 32.1. The van der Waals surface area contributed by atoms with Gasteiger partial charge in [-0.2, -0.15) is 0 Å². The molecule has 0 saturated heterocycles. The van der Waals surface area contributed by atoms with E-state index >= 15 is 0 Å². The van der Waals surface area contributed by atoms with Gasteiger partial charge in [-0.15, -0.1) is 11.3 Å². The van der Waals surface area contributed by atoms with Gasteiger partial charge in [-0.3, -0.25) is 4.79 Å². The molecule has 0 amide bonds. The zero-order chi connectivity index (χ0) is 13.6. The molecule has 0 aliphatic rings. The second kappa shape index (κ2) is 7.03. The van der Waals surface area contributed by atoms with Crippen LogP contribution in [0.3, 0.4) is 0 Å². The first-order valence-corrected chi connectivity index (χ1v) is 7.78. The normalized spacial score (nSPS) is 11.8. The predicted octanol–water partition coefficient (Wildman–Crippen LogP) is 4.52. The van der Waals surface area contributed by atoms with Crippen LogP contribution in [0, 0.1) is 0 Å². The van der Waals surface area contributed by atoms with Gasteiger partial charge in [-0.1, -0.05) is 47.0 Å². The smallest absolute Gasteiger partial charge is 0.139 e. The van der Waals surface area contributed by atoms with E-state index in [-0.39, 0.29) is 5.41 Å². The first-order valence-electron chi connectivity index (χ1n) is 6.90. The summed E-state index contributed by atoms with van der Waals surface area (Å²) in [4.78, 5) is 16.4. The lowest BCUT2D eigenvalue weighted by atomic mass is 9.93. The minimum atomic E-state index is 0.0823. The summed E-state index contributed by atoms with van der Waals surface area (Å²) in [6.45, 7) is 8.64. The molecule has 0 saturated carbocycles. The molecule has 18 heavy (non-hydrogen) atoms. The number of carbonyl (C=O) groups is 1. The van der Waals surface area contributed by atoms with Crippen molar-refractivity contribution < 1.29 is 4.79 Å². The molecule has 0 N–H and O–H groups in total. The summed E-state index contributed by atoms with van der Waals surface area (Å²) in [5.41, 5.74) is 1.18. The standard InChI is InChI=1S/C15H25NOS/c1-5-6-7-8-9-12(17)10-14-16-13(11-18-14)15(2,3)4/h11H,5-10H2,1-4H3. The molecule has 0 bridgehead atoms. The van der Waals surface area contributed by atoms with Crippen LogP contribution in [-0.4, -0.2) is 10.8 Å². The van der Waals surface area contributed by atoms with Crippen LogP contribution in [0.25, 0.3) is 0 Å².